The van der Waals surface area contributed by atoms with Crippen molar-refractivity contribution in [3.05, 3.63) is 23.5 Å². The molecule has 0 heterocycles. The number of phenolic OH excluding ortho intramolecular Hbond substituents is 1. The van der Waals surface area contributed by atoms with Crippen LogP contribution in [0.1, 0.15) is 25.3 Å². The van der Waals surface area contributed by atoms with E-state index in [1.807, 2.05) is 0 Å². The van der Waals surface area contributed by atoms with E-state index in [0.717, 1.165) is 0 Å². The second kappa shape index (κ2) is 4.19. The Morgan fingerprint density at radius 2 is 2.00 bits per heavy atom. The Morgan fingerprint density at radius 1 is 1.43 bits per heavy atom. The third-order valence-corrected chi connectivity index (χ3v) is 2.94. The van der Waals surface area contributed by atoms with Gasteiger partial charge in [0.1, 0.15) is 12.0 Å². The number of phenols is 1. The Kier molecular flexibility index (Phi) is 3.39. The number of hydrogen-bond acceptors (Lipinski definition) is 2. The largest absolute Gasteiger partial charge is 0.612 e. The van der Waals surface area contributed by atoms with Crippen molar-refractivity contribution in [3.63, 3.8) is 0 Å². The molecule has 0 amide bonds. The van der Waals surface area contributed by atoms with Crippen molar-refractivity contribution < 1.29 is 14.0 Å². The lowest BCUT2D eigenvalue weighted by Crippen LogP contribution is -2.05. The molecule has 1 N–H and O–H groups in total. The smallest absolute Gasteiger partial charge is 0.188 e. The van der Waals surface area contributed by atoms with Gasteiger partial charge >= 0.3 is 0 Å². The molecular weight excluding hydrogens is 203 g/mol. The van der Waals surface area contributed by atoms with Crippen LogP contribution >= 0.6 is 0 Å². The second-order valence-electron chi connectivity index (χ2n) is 3.42. The molecule has 0 spiro atoms. The zero-order valence-electron chi connectivity index (χ0n) is 8.37. The molecule has 1 rings (SSSR count). The predicted molar refractivity (Wildman–Crippen MR) is 54.5 cm³/mol. The molecule has 0 aliphatic heterocycles. The lowest BCUT2D eigenvalue weighted by Gasteiger charge is -2.12. The Morgan fingerprint density at radius 3 is 2.43 bits per heavy atom. The molecule has 0 saturated carbocycles. The molecule has 0 aromatic heterocycles. The van der Waals surface area contributed by atoms with Crippen molar-refractivity contribution >= 4 is 11.2 Å². The number of aromatic hydroxyl groups is 1. The van der Waals surface area contributed by atoms with Crippen LogP contribution in [-0.4, -0.2) is 15.9 Å². The van der Waals surface area contributed by atoms with Crippen LogP contribution in [0, 0.1) is 5.82 Å². The number of rotatable bonds is 2. The van der Waals surface area contributed by atoms with E-state index in [1.165, 1.54) is 18.4 Å². The number of halogens is 1. The molecule has 0 aliphatic rings. The molecule has 4 heteroatoms. The minimum absolute atomic E-state index is 0.0771. The monoisotopic (exact) mass is 216 g/mol. The van der Waals surface area contributed by atoms with Crippen LogP contribution in [0.4, 0.5) is 4.39 Å². The second-order valence-corrected chi connectivity index (χ2v) is 4.77. The maximum absolute atomic E-state index is 13.7. The molecule has 0 bridgehead atoms. The number of hydrogen-bond donors (Lipinski definition) is 1. The quantitative estimate of drug-likeness (QED) is 0.771. The topological polar surface area (TPSA) is 43.3 Å². The van der Waals surface area contributed by atoms with Crippen molar-refractivity contribution in [1.29, 1.82) is 0 Å². The van der Waals surface area contributed by atoms with Crippen LogP contribution in [-0.2, 0) is 11.2 Å². The Balaban J connectivity index is 3.34. The molecule has 78 valence electrons. The zero-order chi connectivity index (χ0) is 10.9. The van der Waals surface area contributed by atoms with Gasteiger partial charge in [-0.1, -0.05) is 13.8 Å². The van der Waals surface area contributed by atoms with Crippen molar-refractivity contribution in [3.8, 4) is 5.75 Å². The van der Waals surface area contributed by atoms with Gasteiger partial charge in [0.25, 0.3) is 0 Å². The summed E-state index contributed by atoms with van der Waals surface area (Å²) in [5.41, 5.74) is 0.234. The SMILES string of the molecule is CC(C)c1c(O)ccc([S+](C)[O-])c1F. The highest BCUT2D eigenvalue weighted by Gasteiger charge is 2.20. The van der Waals surface area contributed by atoms with Gasteiger partial charge in [0.05, 0.1) is 0 Å². The minimum Gasteiger partial charge on any atom is -0.612 e. The first-order valence-electron chi connectivity index (χ1n) is 4.30. The van der Waals surface area contributed by atoms with E-state index in [2.05, 4.69) is 0 Å². The summed E-state index contributed by atoms with van der Waals surface area (Å²) >= 11 is -1.36. The molecule has 1 aromatic carbocycles. The molecule has 0 aliphatic carbocycles. The predicted octanol–water partition coefficient (Wildman–Crippen LogP) is 2.39. The van der Waals surface area contributed by atoms with Crippen LogP contribution in [0.5, 0.6) is 5.75 Å². The van der Waals surface area contributed by atoms with Gasteiger partial charge < -0.3 is 9.66 Å². The Bertz CT molecular complexity index is 337. The zero-order valence-corrected chi connectivity index (χ0v) is 9.19. The summed E-state index contributed by atoms with van der Waals surface area (Å²) < 4.78 is 24.8. The molecular formula is C10H13FO2S. The highest BCUT2D eigenvalue weighted by Crippen LogP contribution is 2.31. The molecule has 0 saturated heterocycles. The standard InChI is InChI=1S/C10H13FO2S/c1-6(2)9-7(12)4-5-8(10(9)11)14(3)13/h4-6,12H,1-3H3. The van der Waals surface area contributed by atoms with Gasteiger partial charge in [-0.25, -0.2) is 4.39 Å². The van der Waals surface area contributed by atoms with Gasteiger partial charge in [0.2, 0.25) is 0 Å². The molecule has 0 radical (unpaired) electrons. The van der Waals surface area contributed by atoms with E-state index in [9.17, 15) is 14.0 Å². The summed E-state index contributed by atoms with van der Waals surface area (Å²) in [6, 6.07) is 2.74. The third-order valence-electron chi connectivity index (χ3n) is 2.01. The van der Waals surface area contributed by atoms with E-state index in [0.29, 0.717) is 0 Å². The molecule has 1 unspecified atom stereocenters. The van der Waals surface area contributed by atoms with Gasteiger partial charge in [0.15, 0.2) is 10.7 Å². The maximum Gasteiger partial charge on any atom is 0.188 e. The Labute approximate surface area is 85.9 Å². The van der Waals surface area contributed by atoms with E-state index in [1.54, 1.807) is 13.8 Å². The normalized spacial score (nSPS) is 13.3. The van der Waals surface area contributed by atoms with Gasteiger partial charge in [-0.3, -0.25) is 0 Å². The highest BCUT2D eigenvalue weighted by molar-refractivity contribution is 7.90. The third kappa shape index (κ3) is 2.01. The summed E-state index contributed by atoms with van der Waals surface area (Å²) in [6.07, 6.45) is 1.42. The molecule has 0 fully saturated rings. The highest BCUT2D eigenvalue weighted by atomic mass is 32.2. The van der Waals surface area contributed by atoms with Gasteiger partial charge in [-0.2, -0.15) is 0 Å². The first-order valence-corrected chi connectivity index (χ1v) is 5.85. The van der Waals surface area contributed by atoms with Crippen molar-refractivity contribution in [2.45, 2.75) is 24.7 Å². The van der Waals surface area contributed by atoms with Crippen molar-refractivity contribution in [1.82, 2.24) is 0 Å². The maximum atomic E-state index is 13.7. The Hall–Kier alpha value is -0.740. The lowest BCUT2D eigenvalue weighted by atomic mass is 10.0. The van der Waals surface area contributed by atoms with Crippen molar-refractivity contribution in [2.24, 2.45) is 0 Å². The average Bonchev–Trinajstić information content (AvgIpc) is 2.02. The van der Waals surface area contributed by atoms with E-state index < -0.39 is 17.0 Å². The summed E-state index contributed by atoms with van der Waals surface area (Å²) in [5.74, 6) is -0.758. The van der Waals surface area contributed by atoms with E-state index >= 15 is 0 Å². The first-order chi connectivity index (χ1) is 6.45. The fourth-order valence-corrected chi connectivity index (χ4v) is 1.96. The van der Waals surface area contributed by atoms with Crippen LogP contribution in [0.25, 0.3) is 0 Å². The molecule has 1 atom stereocenters. The summed E-state index contributed by atoms with van der Waals surface area (Å²) in [4.78, 5) is 0.145. The van der Waals surface area contributed by atoms with Crippen LogP contribution in [0.3, 0.4) is 0 Å². The summed E-state index contributed by atoms with van der Waals surface area (Å²) in [7, 11) is 0. The lowest BCUT2D eigenvalue weighted by molar-refractivity contribution is 0.449. The fraction of sp³-hybridized carbons (Fsp3) is 0.400. The molecule has 2 nitrogen and oxygen atoms in total. The van der Waals surface area contributed by atoms with Crippen LogP contribution in [0.15, 0.2) is 17.0 Å². The van der Waals surface area contributed by atoms with Crippen molar-refractivity contribution in [2.75, 3.05) is 6.26 Å². The van der Waals surface area contributed by atoms with Gasteiger partial charge in [-0.15, -0.1) is 0 Å². The summed E-state index contributed by atoms with van der Waals surface area (Å²) in [5, 5.41) is 9.43. The van der Waals surface area contributed by atoms with Crippen LogP contribution < -0.4 is 0 Å². The van der Waals surface area contributed by atoms with Gasteiger partial charge in [0, 0.05) is 5.56 Å². The molecule has 14 heavy (non-hydrogen) atoms. The van der Waals surface area contributed by atoms with E-state index in [-0.39, 0.29) is 22.1 Å². The average molecular weight is 216 g/mol. The number of benzene rings is 1. The first kappa shape index (κ1) is 11.3. The van der Waals surface area contributed by atoms with E-state index in [4.69, 9.17) is 0 Å². The fourth-order valence-electron chi connectivity index (χ4n) is 1.33. The minimum atomic E-state index is -1.36. The van der Waals surface area contributed by atoms with Crippen LogP contribution in [0.2, 0.25) is 0 Å². The summed E-state index contributed by atoms with van der Waals surface area (Å²) in [6.45, 7) is 3.56. The molecule has 1 aromatic rings. The van der Waals surface area contributed by atoms with Gasteiger partial charge in [-0.05, 0) is 29.2 Å².